The molecule has 1 aliphatic heterocycles. The first-order valence-corrected chi connectivity index (χ1v) is 4.51. The minimum Gasteiger partial charge on any atom is -0.335 e. The van der Waals surface area contributed by atoms with Crippen molar-refractivity contribution in [3.8, 4) is 0 Å². The highest BCUT2D eigenvalue weighted by Gasteiger charge is 2.20. The van der Waals surface area contributed by atoms with Gasteiger partial charge in [-0.15, -0.1) is 0 Å². The van der Waals surface area contributed by atoms with Crippen LogP contribution in [0.2, 0.25) is 0 Å². The summed E-state index contributed by atoms with van der Waals surface area (Å²) in [5, 5.41) is 0. The van der Waals surface area contributed by atoms with Crippen molar-refractivity contribution < 1.29 is 4.79 Å². The van der Waals surface area contributed by atoms with Crippen molar-refractivity contribution in [1.29, 1.82) is 0 Å². The molecule has 2 rings (SSSR count). The fraction of sp³-hybridized carbons (Fsp3) is 0.500. The van der Waals surface area contributed by atoms with E-state index in [2.05, 4.69) is 12.2 Å². The summed E-state index contributed by atoms with van der Waals surface area (Å²) < 4.78 is 0. The molecule has 0 aromatic carbocycles. The highest BCUT2D eigenvalue weighted by molar-refractivity contribution is 5.94. The zero-order valence-corrected chi connectivity index (χ0v) is 7.12. The van der Waals surface area contributed by atoms with Crippen molar-refractivity contribution in [1.82, 2.24) is 4.90 Å². The van der Waals surface area contributed by atoms with Gasteiger partial charge in [0.05, 0.1) is 0 Å². The lowest BCUT2D eigenvalue weighted by atomic mass is 9.97. The predicted molar refractivity (Wildman–Crippen MR) is 47.7 cm³/mol. The van der Waals surface area contributed by atoms with E-state index in [1.54, 1.807) is 0 Å². The largest absolute Gasteiger partial charge is 0.335 e. The van der Waals surface area contributed by atoms with Crippen molar-refractivity contribution in [3.05, 3.63) is 23.8 Å². The second kappa shape index (κ2) is 3.13. The zero-order chi connectivity index (χ0) is 8.39. The van der Waals surface area contributed by atoms with Gasteiger partial charge >= 0.3 is 0 Å². The Morgan fingerprint density at radius 2 is 2.17 bits per heavy atom. The van der Waals surface area contributed by atoms with Crippen molar-refractivity contribution >= 4 is 5.91 Å². The molecule has 0 bridgehead atoms. The number of rotatable bonds is 1. The van der Waals surface area contributed by atoms with Crippen molar-refractivity contribution in [3.63, 3.8) is 0 Å². The van der Waals surface area contributed by atoms with Gasteiger partial charge in [-0.3, -0.25) is 4.79 Å². The molecule has 0 saturated carbocycles. The predicted octanol–water partition coefficient (Wildman–Crippen LogP) is 1.50. The van der Waals surface area contributed by atoms with E-state index in [1.165, 1.54) is 0 Å². The Bertz CT molecular complexity index is 253. The van der Waals surface area contributed by atoms with Gasteiger partial charge in [-0.1, -0.05) is 18.2 Å². The molecule has 0 aromatic heterocycles. The van der Waals surface area contributed by atoms with Gasteiger partial charge in [-0.05, 0) is 19.3 Å². The molecule has 0 fully saturated rings. The van der Waals surface area contributed by atoms with Crippen molar-refractivity contribution in [2.45, 2.75) is 19.3 Å². The van der Waals surface area contributed by atoms with E-state index in [-0.39, 0.29) is 5.91 Å². The monoisotopic (exact) mass is 163 g/mol. The van der Waals surface area contributed by atoms with Crippen LogP contribution >= 0.6 is 0 Å². The molecule has 0 spiro atoms. The molecule has 12 heavy (non-hydrogen) atoms. The number of carbonyl (C=O) groups is 1. The van der Waals surface area contributed by atoms with Crippen LogP contribution in [0.3, 0.4) is 0 Å². The van der Waals surface area contributed by atoms with Crippen LogP contribution < -0.4 is 0 Å². The molecule has 2 nitrogen and oxygen atoms in total. The van der Waals surface area contributed by atoms with Gasteiger partial charge in [0.15, 0.2) is 0 Å². The molecule has 0 unspecified atom stereocenters. The summed E-state index contributed by atoms with van der Waals surface area (Å²) in [7, 11) is 0. The van der Waals surface area contributed by atoms with Gasteiger partial charge < -0.3 is 4.90 Å². The number of hydrogen-bond donors (Lipinski definition) is 0. The third-order valence-corrected chi connectivity index (χ3v) is 2.42. The van der Waals surface area contributed by atoms with Gasteiger partial charge in [0.25, 0.3) is 0 Å². The number of allylic oxidation sites excluding steroid dienone is 1. The summed E-state index contributed by atoms with van der Waals surface area (Å²) in [6.07, 6.45) is 9.34. The topological polar surface area (TPSA) is 20.3 Å². The molecule has 0 N–H and O–H groups in total. The third-order valence-electron chi connectivity index (χ3n) is 2.42. The fourth-order valence-electron chi connectivity index (χ4n) is 1.51. The van der Waals surface area contributed by atoms with Crippen LogP contribution in [-0.2, 0) is 4.79 Å². The first kappa shape index (κ1) is 7.59. The molecule has 64 valence electrons. The molecule has 0 radical (unpaired) electrons. The maximum atomic E-state index is 11.6. The van der Waals surface area contributed by atoms with Gasteiger partial charge in [-0.25, -0.2) is 0 Å². The molecule has 1 heterocycles. The van der Waals surface area contributed by atoms with Crippen LogP contribution in [0.5, 0.6) is 0 Å². The molecule has 0 atom stereocenters. The molecular formula is C10H13NO. The third kappa shape index (κ3) is 1.29. The lowest BCUT2D eigenvalue weighted by Crippen LogP contribution is -2.35. The van der Waals surface area contributed by atoms with E-state index in [4.69, 9.17) is 0 Å². The fourth-order valence-corrected chi connectivity index (χ4v) is 1.51. The number of carbonyl (C=O) groups excluding carboxylic acids is 1. The molecule has 2 aliphatic rings. The lowest BCUT2D eigenvalue weighted by Gasteiger charge is -2.26. The van der Waals surface area contributed by atoms with Gasteiger partial charge in [0.1, 0.15) is 0 Å². The number of amides is 1. The van der Waals surface area contributed by atoms with Gasteiger partial charge in [0, 0.05) is 18.7 Å². The summed E-state index contributed by atoms with van der Waals surface area (Å²) in [5.74, 6) is 0.255. The summed E-state index contributed by atoms with van der Waals surface area (Å²) in [6.45, 7) is 1.70. The quantitative estimate of drug-likeness (QED) is 0.536. The van der Waals surface area contributed by atoms with Crippen LogP contribution in [0.15, 0.2) is 23.8 Å². The molecule has 1 aliphatic carbocycles. The van der Waals surface area contributed by atoms with E-state index >= 15 is 0 Å². The smallest absolute Gasteiger partial charge is 0.249 e. The summed E-state index contributed by atoms with van der Waals surface area (Å²) in [5.41, 5.74) is 1.02. The van der Waals surface area contributed by atoms with Crippen LogP contribution in [0.25, 0.3) is 0 Å². The minimum absolute atomic E-state index is 0.255. The Hall–Kier alpha value is -1.05. The summed E-state index contributed by atoms with van der Waals surface area (Å²) in [4.78, 5) is 13.5. The van der Waals surface area contributed by atoms with E-state index < -0.39 is 0 Å². The van der Waals surface area contributed by atoms with Crippen LogP contribution in [-0.4, -0.2) is 23.9 Å². The number of nitrogens with zero attached hydrogens (tertiary/aromatic N) is 1. The molecule has 1 amide bonds. The van der Waals surface area contributed by atoms with E-state index in [1.807, 2.05) is 11.0 Å². The Morgan fingerprint density at radius 1 is 1.33 bits per heavy atom. The summed E-state index contributed by atoms with van der Waals surface area (Å²) >= 11 is 0. The Balaban J connectivity index is 1.99. The average Bonchev–Trinajstić information content (AvgIpc) is 2.03. The zero-order valence-electron chi connectivity index (χ0n) is 7.12. The average molecular weight is 163 g/mol. The minimum atomic E-state index is 0.255. The second-order valence-corrected chi connectivity index (χ2v) is 3.28. The van der Waals surface area contributed by atoms with E-state index in [0.717, 1.165) is 37.9 Å². The van der Waals surface area contributed by atoms with Crippen LogP contribution in [0.4, 0.5) is 0 Å². The Morgan fingerprint density at radius 3 is 2.67 bits per heavy atom. The van der Waals surface area contributed by atoms with Crippen molar-refractivity contribution in [2.75, 3.05) is 13.1 Å². The highest BCUT2D eigenvalue weighted by Crippen LogP contribution is 2.20. The molecule has 2 heteroatoms. The van der Waals surface area contributed by atoms with E-state index in [0.29, 0.717) is 0 Å². The van der Waals surface area contributed by atoms with Crippen molar-refractivity contribution in [2.24, 2.45) is 0 Å². The van der Waals surface area contributed by atoms with E-state index in [9.17, 15) is 4.79 Å². The van der Waals surface area contributed by atoms with Gasteiger partial charge in [-0.2, -0.15) is 0 Å². The van der Waals surface area contributed by atoms with Crippen LogP contribution in [0, 0.1) is 0 Å². The Kier molecular flexibility index (Phi) is 1.98. The standard InChI is InChI=1S/C10H13NO/c12-10(9-5-4-6-9)11-7-2-1-3-8-11/h1-2,5H,3-4,6-8H2. The van der Waals surface area contributed by atoms with Crippen LogP contribution in [0.1, 0.15) is 19.3 Å². The highest BCUT2D eigenvalue weighted by atomic mass is 16.2. The molecule has 0 aromatic rings. The lowest BCUT2D eigenvalue weighted by molar-refractivity contribution is -0.127. The van der Waals surface area contributed by atoms with Gasteiger partial charge in [0.2, 0.25) is 5.91 Å². The Labute approximate surface area is 72.6 Å². The maximum absolute atomic E-state index is 11.6. The summed E-state index contributed by atoms with van der Waals surface area (Å²) in [6, 6.07) is 0. The first-order chi connectivity index (χ1) is 5.88. The SMILES string of the molecule is O=C(C1=CCC1)N1CC=CCC1. The second-order valence-electron chi connectivity index (χ2n) is 3.28. The first-order valence-electron chi connectivity index (χ1n) is 4.51. The number of hydrogen-bond acceptors (Lipinski definition) is 1. The molecule has 0 saturated heterocycles. The molecular weight excluding hydrogens is 150 g/mol. The maximum Gasteiger partial charge on any atom is 0.249 e. The normalized spacial score (nSPS) is 21.7.